The second-order valence-corrected chi connectivity index (χ2v) is 6.13. The fourth-order valence-corrected chi connectivity index (χ4v) is 2.88. The predicted octanol–water partition coefficient (Wildman–Crippen LogP) is 4.08. The van der Waals surface area contributed by atoms with Crippen LogP contribution in [-0.4, -0.2) is 16.0 Å². The molecule has 3 rings (SSSR count). The topological polar surface area (TPSA) is 63.8 Å². The zero-order chi connectivity index (χ0) is 14.8. The van der Waals surface area contributed by atoms with E-state index in [-0.39, 0.29) is 0 Å². The lowest BCUT2D eigenvalue weighted by Gasteiger charge is -2.17. The molecule has 4 heteroatoms. The number of nitrogens with zero attached hydrogens (tertiary/aromatic N) is 2. The Morgan fingerprint density at radius 2 is 2.14 bits per heavy atom. The Balaban J connectivity index is 1.99. The Morgan fingerprint density at radius 1 is 1.33 bits per heavy atom. The van der Waals surface area contributed by atoms with E-state index < -0.39 is 0 Å². The molecule has 1 saturated carbocycles. The van der Waals surface area contributed by atoms with Gasteiger partial charge in [-0.25, -0.2) is 4.98 Å². The summed E-state index contributed by atoms with van der Waals surface area (Å²) in [4.78, 5) is 8.88. The molecular weight excluding hydrogens is 260 g/mol. The van der Waals surface area contributed by atoms with Crippen molar-refractivity contribution >= 4 is 22.7 Å². The minimum absolute atomic E-state index is 0.348. The molecule has 1 aliphatic carbocycles. The average Bonchev–Trinajstić information content (AvgIpc) is 3.28. The van der Waals surface area contributed by atoms with Crippen LogP contribution in [0, 0.1) is 0 Å². The van der Waals surface area contributed by atoms with E-state index in [1.165, 1.54) is 31.2 Å². The molecule has 0 spiro atoms. The van der Waals surface area contributed by atoms with E-state index in [2.05, 4.69) is 41.3 Å². The van der Waals surface area contributed by atoms with Crippen LogP contribution in [0.5, 0.6) is 0 Å². The number of fused-ring (bicyclic) bond motifs is 1. The van der Waals surface area contributed by atoms with Crippen molar-refractivity contribution in [2.75, 3.05) is 11.1 Å². The van der Waals surface area contributed by atoms with E-state index >= 15 is 0 Å². The summed E-state index contributed by atoms with van der Waals surface area (Å²) < 4.78 is 0. The lowest BCUT2D eigenvalue weighted by atomic mass is 10.0. The first kappa shape index (κ1) is 14.1. The second-order valence-electron chi connectivity index (χ2n) is 6.13. The first-order valence-electron chi connectivity index (χ1n) is 8.01. The van der Waals surface area contributed by atoms with Gasteiger partial charge in [0.15, 0.2) is 0 Å². The highest BCUT2D eigenvalue weighted by molar-refractivity contribution is 5.93. The Labute approximate surface area is 126 Å². The zero-order valence-electron chi connectivity index (χ0n) is 12.9. The van der Waals surface area contributed by atoms with Crippen molar-refractivity contribution in [3.63, 3.8) is 0 Å². The molecule has 0 bridgehead atoms. The molecule has 1 aromatic heterocycles. The van der Waals surface area contributed by atoms with Gasteiger partial charge in [0.2, 0.25) is 5.95 Å². The highest BCUT2D eigenvalue weighted by atomic mass is 15.1. The monoisotopic (exact) mass is 284 g/mol. The molecular formula is C17H24N4. The smallest absolute Gasteiger partial charge is 0.222 e. The van der Waals surface area contributed by atoms with Gasteiger partial charge in [0.25, 0.3) is 0 Å². The zero-order valence-corrected chi connectivity index (χ0v) is 12.9. The van der Waals surface area contributed by atoms with Crippen LogP contribution in [0.1, 0.15) is 57.4 Å². The number of nitrogens with one attached hydrogen (secondary N) is 1. The van der Waals surface area contributed by atoms with Gasteiger partial charge < -0.3 is 11.1 Å². The number of anilines is 2. The number of rotatable bonds is 6. The normalized spacial score (nSPS) is 16.1. The first-order chi connectivity index (χ1) is 10.2. The standard InChI is InChI=1S/C17H24N4/c1-3-4-6-11(2)19-16-15-13(12-9-10-12)7-5-8-14(15)20-17(18)21-16/h5,7-8,11-12H,3-4,6,9-10H2,1-2H3,(H3,18,19,20,21)/t11-/m1/s1. The molecule has 1 aliphatic rings. The van der Waals surface area contributed by atoms with Crippen molar-refractivity contribution in [3.8, 4) is 0 Å². The summed E-state index contributed by atoms with van der Waals surface area (Å²) in [5, 5.41) is 4.72. The Kier molecular flexibility index (Phi) is 3.95. The van der Waals surface area contributed by atoms with Crippen LogP contribution >= 0.6 is 0 Å². The van der Waals surface area contributed by atoms with Crippen molar-refractivity contribution in [2.45, 2.75) is 57.9 Å². The van der Waals surface area contributed by atoms with Crippen molar-refractivity contribution in [3.05, 3.63) is 23.8 Å². The highest BCUT2D eigenvalue weighted by Gasteiger charge is 2.27. The third kappa shape index (κ3) is 3.09. The van der Waals surface area contributed by atoms with E-state index in [9.17, 15) is 0 Å². The van der Waals surface area contributed by atoms with Crippen LogP contribution in [0.25, 0.3) is 10.9 Å². The lowest BCUT2D eigenvalue weighted by molar-refractivity contribution is 0.644. The molecule has 0 unspecified atom stereocenters. The molecule has 0 amide bonds. The maximum atomic E-state index is 5.88. The number of nitrogens with two attached hydrogens (primary N) is 1. The highest BCUT2D eigenvalue weighted by Crippen LogP contribution is 2.44. The maximum Gasteiger partial charge on any atom is 0.222 e. The van der Waals surface area contributed by atoms with E-state index in [4.69, 9.17) is 5.73 Å². The molecule has 1 fully saturated rings. The molecule has 0 saturated heterocycles. The molecule has 2 aromatic rings. The van der Waals surface area contributed by atoms with Crippen molar-refractivity contribution in [1.29, 1.82) is 0 Å². The number of hydrogen-bond donors (Lipinski definition) is 2. The Hall–Kier alpha value is -1.84. The van der Waals surface area contributed by atoms with Gasteiger partial charge in [-0.1, -0.05) is 31.9 Å². The maximum absolute atomic E-state index is 5.88. The van der Waals surface area contributed by atoms with E-state index in [0.717, 1.165) is 23.1 Å². The summed E-state index contributed by atoms with van der Waals surface area (Å²) in [7, 11) is 0. The third-order valence-electron chi connectivity index (χ3n) is 4.16. The number of unbranched alkanes of at least 4 members (excludes halogenated alkanes) is 1. The van der Waals surface area contributed by atoms with Crippen LogP contribution in [0.2, 0.25) is 0 Å². The Bertz CT molecular complexity index is 634. The van der Waals surface area contributed by atoms with Gasteiger partial charge in [-0.3, -0.25) is 0 Å². The van der Waals surface area contributed by atoms with Gasteiger partial charge in [-0.05, 0) is 43.7 Å². The predicted molar refractivity (Wildman–Crippen MR) is 88.5 cm³/mol. The van der Waals surface area contributed by atoms with Crippen LogP contribution < -0.4 is 11.1 Å². The number of aromatic nitrogens is 2. The van der Waals surface area contributed by atoms with Gasteiger partial charge in [-0.2, -0.15) is 4.98 Å². The van der Waals surface area contributed by atoms with E-state index in [1.807, 2.05) is 6.07 Å². The van der Waals surface area contributed by atoms with E-state index in [0.29, 0.717) is 17.9 Å². The van der Waals surface area contributed by atoms with Gasteiger partial charge in [0.1, 0.15) is 5.82 Å². The summed E-state index contributed by atoms with van der Waals surface area (Å²) in [5.74, 6) is 1.93. The molecule has 1 heterocycles. The molecule has 4 nitrogen and oxygen atoms in total. The fourth-order valence-electron chi connectivity index (χ4n) is 2.88. The summed E-state index contributed by atoms with van der Waals surface area (Å²) in [6.07, 6.45) is 6.13. The molecule has 3 N–H and O–H groups in total. The molecule has 1 aromatic carbocycles. The first-order valence-corrected chi connectivity index (χ1v) is 8.01. The van der Waals surface area contributed by atoms with Crippen molar-refractivity contribution < 1.29 is 0 Å². The third-order valence-corrected chi connectivity index (χ3v) is 4.16. The molecule has 112 valence electrons. The largest absolute Gasteiger partial charge is 0.368 e. The molecule has 1 atom stereocenters. The van der Waals surface area contributed by atoms with Gasteiger partial charge in [0.05, 0.1) is 5.52 Å². The SMILES string of the molecule is CCCC[C@@H](C)Nc1nc(N)nc2cccc(C3CC3)c12. The van der Waals surface area contributed by atoms with Gasteiger partial charge in [0, 0.05) is 11.4 Å². The fraction of sp³-hybridized carbons (Fsp3) is 0.529. The summed E-state index contributed by atoms with van der Waals surface area (Å²) in [6, 6.07) is 6.71. The average molecular weight is 284 g/mol. The minimum Gasteiger partial charge on any atom is -0.368 e. The number of hydrogen-bond acceptors (Lipinski definition) is 4. The summed E-state index contributed by atoms with van der Waals surface area (Å²) in [6.45, 7) is 4.43. The van der Waals surface area contributed by atoms with Crippen LogP contribution in [-0.2, 0) is 0 Å². The van der Waals surface area contributed by atoms with Crippen LogP contribution in [0.4, 0.5) is 11.8 Å². The Morgan fingerprint density at radius 3 is 2.86 bits per heavy atom. The van der Waals surface area contributed by atoms with Crippen molar-refractivity contribution in [2.24, 2.45) is 0 Å². The van der Waals surface area contributed by atoms with E-state index in [1.54, 1.807) is 0 Å². The quantitative estimate of drug-likeness (QED) is 0.839. The lowest BCUT2D eigenvalue weighted by Crippen LogP contribution is -2.17. The summed E-state index contributed by atoms with van der Waals surface area (Å²) >= 11 is 0. The number of nitrogen functional groups attached to an aromatic ring is 1. The molecule has 21 heavy (non-hydrogen) atoms. The van der Waals surface area contributed by atoms with Crippen LogP contribution in [0.3, 0.4) is 0 Å². The minimum atomic E-state index is 0.348. The van der Waals surface area contributed by atoms with Crippen molar-refractivity contribution in [1.82, 2.24) is 9.97 Å². The van der Waals surface area contributed by atoms with Crippen LogP contribution in [0.15, 0.2) is 18.2 Å². The van der Waals surface area contributed by atoms with Gasteiger partial charge in [-0.15, -0.1) is 0 Å². The molecule has 0 aliphatic heterocycles. The number of benzene rings is 1. The van der Waals surface area contributed by atoms with Gasteiger partial charge >= 0.3 is 0 Å². The summed E-state index contributed by atoms with van der Waals surface area (Å²) in [5.41, 5.74) is 8.21. The molecule has 0 radical (unpaired) electrons. The second kappa shape index (κ2) is 5.88.